The molecule has 0 bridgehead atoms. The van der Waals surface area contributed by atoms with E-state index in [1.54, 1.807) is 31.4 Å². The van der Waals surface area contributed by atoms with E-state index in [4.69, 9.17) is 4.74 Å². The lowest BCUT2D eigenvalue weighted by molar-refractivity contribution is -0.125. The van der Waals surface area contributed by atoms with Gasteiger partial charge in [-0.3, -0.25) is 14.4 Å². The number of para-hydroxylation sites is 1. The zero-order valence-electron chi connectivity index (χ0n) is 17.2. The normalized spacial score (nSPS) is 15.6. The highest BCUT2D eigenvalue weighted by Crippen LogP contribution is 2.26. The van der Waals surface area contributed by atoms with Crippen molar-refractivity contribution in [2.75, 3.05) is 19.0 Å². The second-order valence-electron chi connectivity index (χ2n) is 7.37. The van der Waals surface area contributed by atoms with Crippen molar-refractivity contribution in [1.29, 1.82) is 0 Å². The number of aryl methyl sites for hydroxylation is 1. The molecule has 0 aliphatic carbocycles. The summed E-state index contributed by atoms with van der Waals surface area (Å²) >= 11 is 0. The number of aromatic nitrogens is 1. The summed E-state index contributed by atoms with van der Waals surface area (Å²) in [5, 5.41) is 9.21. The summed E-state index contributed by atoms with van der Waals surface area (Å²) in [6.45, 7) is 1.19. The molecule has 1 atom stereocenters. The molecule has 3 aromatic rings. The van der Waals surface area contributed by atoms with Crippen molar-refractivity contribution in [2.45, 2.75) is 25.4 Å². The summed E-state index contributed by atoms with van der Waals surface area (Å²) in [5.41, 5.74) is 1.90. The Morgan fingerprint density at radius 1 is 1.13 bits per heavy atom. The van der Waals surface area contributed by atoms with E-state index in [0.717, 1.165) is 29.6 Å². The second kappa shape index (κ2) is 8.91. The largest absolute Gasteiger partial charge is 0.496 e. The fraction of sp³-hybridized carbons (Fsp3) is 0.261. The molecule has 2 heterocycles. The first kappa shape index (κ1) is 20.5. The number of hydrogen-bond donors (Lipinski definition) is 3. The lowest BCUT2D eigenvalue weighted by atomic mass is 10.1. The maximum Gasteiger partial charge on any atom is 0.254 e. The number of hydrogen-bond acceptors (Lipinski definition) is 4. The number of rotatable bonds is 7. The van der Waals surface area contributed by atoms with Crippen molar-refractivity contribution in [3.63, 3.8) is 0 Å². The number of ether oxygens (including phenoxy) is 1. The lowest BCUT2D eigenvalue weighted by Gasteiger charge is -2.14. The van der Waals surface area contributed by atoms with E-state index in [1.165, 1.54) is 0 Å². The van der Waals surface area contributed by atoms with Crippen LogP contribution in [0.5, 0.6) is 5.75 Å². The van der Waals surface area contributed by atoms with Gasteiger partial charge in [-0.1, -0.05) is 18.2 Å². The van der Waals surface area contributed by atoms with Crippen LogP contribution in [-0.4, -0.2) is 42.0 Å². The van der Waals surface area contributed by atoms with Crippen LogP contribution in [0.3, 0.4) is 0 Å². The van der Waals surface area contributed by atoms with E-state index in [1.807, 2.05) is 30.5 Å². The Morgan fingerprint density at radius 2 is 1.97 bits per heavy atom. The van der Waals surface area contributed by atoms with Crippen LogP contribution < -0.4 is 20.7 Å². The molecule has 3 amide bonds. The fourth-order valence-corrected chi connectivity index (χ4v) is 3.76. The van der Waals surface area contributed by atoms with Gasteiger partial charge in [0.25, 0.3) is 5.91 Å². The van der Waals surface area contributed by atoms with E-state index < -0.39 is 11.9 Å². The minimum absolute atomic E-state index is 0.116. The minimum Gasteiger partial charge on any atom is -0.496 e. The van der Waals surface area contributed by atoms with Crippen LogP contribution in [-0.2, 0) is 16.1 Å². The molecule has 0 saturated carbocycles. The van der Waals surface area contributed by atoms with Gasteiger partial charge in [0.2, 0.25) is 11.8 Å². The third-order valence-corrected chi connectivity index (χ3v) is 5.33. The second-order valence-corrected chi connectivity index (χ2v) is 7.37. The molecule has 2 aromatic carbocycles. The number of fused-ring (bicyclic) bond motifs is 2. The van der Waals surface area contributed by atoms with Crippen molar-refractivity contribution < 1.29 is 19.1 Å². The Morgan fingerprint density at radius 3 is 2.81 bits per heavy atom. The summed E-state index contributed by atoms with van der Waals surface area (Å²) in [7, 11) is 1.65. The molecule has 160 valence electrons. The first-order chi connectivity index (χ1) is 15.1. The van der Waals surface area contributed by atoms with Crippen LogP contribution >= 0.6 is 0 Å². The summed E-state index contributed by atoms with van der Waals surface area (Å²) in [6.07, 6.45) is 2.61. The van der Waals surface area contributed by atoms with E-state index in [0.29, 0.717) is 17.8 Å². The molecular formula is C23H24N4O4. The van der Waals surface area contributed by atoms with E-state index in [9.17, 15) is 14.4 Å². The number of carbonyl (C=O) groups is 3. The van der Waals surface area contributed by atoms with Crippen molar-refractivity contribution in [3.05, 3.63) is 60.3 Å². The van der Waals surface area contributed by atoms with Gasteiger partial charge in [-0.15, -0.1) is 0 Å². The number of benzene rings is 2. The molecule has 1 aliphatic rings. The topological polar surface area (TPSA) is 101 Å². The summed E-state index contributed by atoms with van der Waals surface area (Å²) in [4.78, 5) is 37.1. The quantitative estimate of drug-likeness (QED) is 0.511. The van der Waals surface area contributed by atoms with E-state index >= 15 is 0 Å². The van der Waals surface area contributed by atoms with Gasteiger partial charge in [-0.05, 0) is 36.8 Å². The average Bonchev–Trinajstić information content (AvgIpc) is 3.14. The monoisotopic (exact) mass is 420 g/mol. The van der Waals surface area contributed by atoms with Gasteiger partial charge in [0.1, 0.15) is 11.8 Å². The number of nitrogens with one attached hydrogen (secondary N) is 3. The zero-order valence-corrected chi connectivity index (χ0v) is 17.2. The molecule has 8 heteroatoms. The van der Waals surface area contributed by atoms with Gasteiger partial charge < -0.3 is 25.3 Å². The number of nitrogens with zero attached hydrogens (tertiary/aromatic N) is 1. The van der Waals surface area contributed by atoms with Crippen molar-refractivity contribution in [3.8, 4) is 5.75 Å². The summed E-state index contributed by atoms with van der Waals surface area (Å²) in [6, 6.07) is 13.8. The molecule has 3 N–H and O–H groups in total. The highest BCUT2D eigenvalue weighted by atomic mass is 16.5. The number of carbonyl (C=O) groups excluding carboxylic acids is 3. The van der Waals surface area contributed by atoms with Gasteiger partial charge in [0.05, 0.1) is 30.3 Å². The minimum atomic E-state index is -0.916. The van der Waals surface area contributed by atoms with Crippen LogP contribution in [0.15, 0.2) is 54.7 Å². The molecular weight excluding hydrogens is 396 g/mol. The van der Waals surface area contributed by atoms with Gasteiger partial charge in [-0.25, -0.2) is 0 Å². The molecule has 0 fully saturated rings. The molecule has 31 heavy (non-hydrogen) atoms. The molecule has 0 spiro atoms. The molecule has 0 saturated heterocycles. The van der Waals surface area contributed by atoms with Crippen molar-refractivity contribution in [1.82, 2.24) is 15.2 Å². The molecule has 4 rings (SSSR count). The molecule has 8 nitrogen and oxygen atoms in total. The van der Waals surface area contributed by atoms with Crippen LogP contribution in [0.1, 0.15) is 23.2 Å². The Bertz CT molecular complexity index is 1140. The Balaban J connectivity index is 1.28. The van der Waals surface area contributed by atoms with Gasteiger partial charge in [0.15, 0.2) is 0 Å². The van der Waals surface area contributed by atoms with Crippen molar-refractivity contribution >= 4 is 34.3 Å². The summed E-state index contributed by atoms with van der Waals surface area (Å²) in [5.74, 6) is -0.233. The highest BCUT2D eigenvalue weighted by Gasteiger charge is 2.29. The van der Waals surface area contributed by atoms with Crippen LogP contribution in [0.25, 0.3) is 10.9 Å². The Labute approximate surface area is 179 Å². The number of anilines is 1. The lowest BCUT2D eigenvalue weighted by Crippen LogP contribution is -2.44. The highest BCUT2D eigenvalue weighted by molar-refractivity contribution is 6.10. The molecule has 0 radical (unpaired) electrons. The Kier molecular flexibility index (Phi) is 5.88. The molecule has 1 aromatic heterocycles. The Hall–Kier alpha value is -3.81. The van der Waals surface area contributed by atoms with Crippen molar-refractivity contribution in [2.24, 2.45) is 0 Å². The van der Waals surface area contributed by atoms with E-state index in [-0.39, 0.29) is 18.2 Å². The van der Waals surface area contributed by atoms with Gasteiger partial charge >= 0.3 is 0 Å². The standard InChI is InChI=1S/C23H24N4O4/c1-31-20-9-4-8-19-16(20)10-13-27(19)12-5-11-24-21(28)14-18-23(30)25-17-7-3-2-6-15(17)22(29)26-18/h2-4,6-10,13,18H,5,11-12,14H2,1H3,(H,24,28)(H,25,30)(H,26,29)/t18-/m0/s1. The SMILES string of the molecule is COc1cccc2c1ccn2CCCNC(=O)C[C@@H]1NC(=O)c2ccccc2NC1=O. The zero-order chi connectivity index (χ0) is 21.8. The first-order valence-electron chi connectivity index (χ1n) is 10.2. The smallest absolute Gasteiger partial charge is 0.254 e. The van der Waals surface area contributed by atoms with E-state index in [2.05, 4.69) is 20.5 Å². The third kappa shape index (κ3) is 4.37. The molecule has 1 aliphatic heterocycles. The van der Waals surface area contributed by atoms with Crippen LogP contribution in [0.4, 0.5) is 5.69 Å². The first-order valence-corrected chi connectivity index (χ1v) is 10.2. The fourth-order valence-electron chi connectivity index (χ4n) is 3.76. The maximum absolute atomic E-state index is 12.4. The number of methoxy groups -OCH3 is 1. The predicted molar refractivity (Wildman–Crippen MR) is 117 cm³/mol. The van der Waals surface area contributed by atoms with Crippen LogP contribution in [0, 0.1) is 0 Å². The van der Waals surface area contributed by atoms with Crippen LogP contribution in [0.2, 0.25) is 0 Å². The maximum atomic E-state index is 12.4. The van der Waals surface area contributed by atoms with Gasteiger partial charge in [0, 0.05) is 24.7 Å². The average molecular weight is 420 g/mol. The third-order valence-electron chi connectivity index (χ3n) is 5.33. The summed E-state index contributed by atoms with van der Waals surface area (Å²) < 4.78 is 7.49. The molecule has 0 unspecified atom stereocenters. The number of amides is 3. The van der Waals surface area contributed by atoms with Gasteiger partial charge in [-0.2, -0.15) is 0 Å². The predicted octanol–water partition coefficient (Wildman–Crippen LogP) is 2.30.